The largest absolute Gasteiger partial charge is 0.446 e. The molecular formula is C16H14O2. The van der Waals surface area contributed by atoms with Crippen LogP contribution in [0.5, 0.6) is 0 Å². The fraction of sp³-hybridized carbons (Fsp3) is 0.188. The topological polar surface area (TPSA) is 26.3 Å². The Hall–Kier alpha value is -2.09. The Balaban J connectivity index is 2.27. The van der Waals surface area contributed by atoms with Crippen LogP contribution < -0.4 is 0 Å². The molecule has 2 aromatic carbocycles. The van der Waals surface area contributed by atoms with Crippen molar-refractivity contribution in [1.29, 1.82) is 0 Å². The van der Waals surface area contributed by atoms with E-state index in [1.54, 1.807) is 0 Å². The van der Waals surface area contributed by atoms with Gasteiger partial charge in [-0.1, -0.05) is 42.5 Å². The molecule has 1 aliphatic rings. The Labute approximate surface area is 106 Å². The molecule has 0 saturated carbocycles. The van der Waals surface area contributed by atoms with E-state index >= 15 is 0 Å². The summed E-state index contributed by atoms with van der Waals surface area (Å²) in [4.78, 5) is 12.0. The molecule has 1 aliphatic heterocycles. The van der Waals surface area contributed by atoms with E-state index in [4.69, 9.17) is 4.74 Å². The highest BCUT2D eigenvalue weighted by molar-refractivity contribution is 5.95. The standard InChI is InChI=1S/C16H14O2/c1-11-7-6-10-13-14(11)16(2,18-15(13)17)12-8-4-3-5-9-12/h3-10H,1-2H3. The van der Waals surface area contributed by atoms with Gasteiger partial charge in [-0.15, -0.1) is 0 Å². The third-order valence-electron chi connectivity index (χ3n) is 3.59. The Morgan fingerprint density at radius 1 is 1.00 bits per heavy atom. The van der Waals surface area contributed by atoms with Crippen molar-refractivity contribution in [3.05, 3.63) is 70.8 Å². The van der Waals surface area contributed by atoms with Crippen LogP contribution in [-0.2, 0) is 10.3 Å². The fourth-order valence-electron chi connectivity index (χ4n) is 2.72. The normalized spacial score (nSPS) is 21.6. The van der Waals surface area contributed by atoms with E-state index in [9.17, 15) is 4.79 Å². The fourth-order valence-corrected chi connectivity index (χ4v) is 2.72. The van der Waals surface area contributed by atoms with E-state index in [0.717, 1.165) is 16.7 Å². The Morgan fingerprint density at radius 2 is 1.72 bits per heavy atom. The maximum atomic E-state index is 12.0. The number of rotatable bonds is 1. The molecule has 18 heavy (non-hydrogen) atoms. The third kappa shape index (κ3) is 1.39. The molecule has 90 valence electrons. The number of hydrogen-bond donors (Lipinski definition) is 0. The smallest absolute Gasteiger partial charge is 0.339 e. The van der Waals surface area contributed by atoms with Crippen molar-refractivity contribution < 1.29 is 9.53 Å². The summed E-state index contributed by atoms with van der Waals surface area (Å²) < 4.78 is 5.65. The van der Waals surface area contributed by atoms with Gasteiger partial charge in [0.25, 0.3) is 0 Å². The SMILES string of the molecule is Cc1cccc2c1C(C)(c1ccccc1)OC2=O. The second-order valence-corrected chi connectivity index (χ2v) is 4.79. The number of cyclic esters (lactones) is 1. The number of carbonyl (C=O) groups excluding carboxylic acids is 1. The summed E-state index contributed by atoms with van der Waals surface area (Å²) in [5.74, 6) is -0.236. The molecule has 2 nitrogen and oxygen atoms in total. The van der Waals surface area contributed by atoms with Crippen molar-refractivity contribution in [1.82, 2.24) is 0 Å². The molecule has 0 radical (unpaired) electrons. The van der Waals surface area contributed by atoms with Gasteiger partial charge in [-0.05, 0) is 31.0 Å². The molecule has 0 fully saturated rings. The minimum absolute atomic E-state index is 0.236. The highest BCUT2D eigenvalue weighted by Crippen LogP contribution is 2.42. The average molecular weight is 238 g/mol. The van der Waals surface area contributed by atoms with Gasteiger partial charge in [0.15, 0.2) is 5.60 Å². The quantitative estimate of drug-likeness (QED) is 0.711. The number of esters is 1. The van der Waals surface area contributed by atoms with Gasteiger partial charge in [0, 0.05) is 5.56 Å². The number of fused-ring (bicyclic) bond motifs is 1. The van der Waals surface area contributed by atoms with Gasteiger partial charge in [0.05, 0.1) is 5.56 Å². The first-order valence-corrected chi connectivity index (χ1v) is 6.02. The van der Waals surface area contributed by atoms with Crippen LogP contribution in [0.1, 0.15) is 34.0 Å². The lowest BCUT2D eigenvalue weighted by Crippen LogP contribution is -2.24. The van der Waals surface area contributed by atoms with Crippen molar-refractivity contribution in [2.45, 2.75) is 19.4 Å². The van der Waals surface area contributed by atoms with Crippen molar-refractivity contribution in [3.8, 4) is 0 Å². The lowest BCUT2D eigenvalue weighted by Gasteiger charge is -2.25. The van der Waals surface area contributed by atoms with E-state index in [0.29, 0.717) is 5.56 Å². The highest BCUT2D eigenvalue weighted by Gasteiger charge is 2.43. The minimum Gasteiger partial charge on any atom is -0.446 e. The Kier molecular flexibility index (Phi) is 2.27. The number of aryl methyl sites for hydroxylation is 1. The monoisotopic (exact) mass is 238 g/mol. The summed E-state index contributed by atoms with van der Waals surface area (Å²) in [5, 5.41) is 0. The number of ether oxygens (including phenoxy) is 1. The van der Waals surface area contributed by atoms with Crippen LogP contribution in [0.25, 0.3) is 0 Å². The molecule has 3 rings (SSSR count). The van der Waals surface area contributed by atoms with Crippen LogP contribution in [0, 0.1) is 6.92 Å². The molecule has 2 aromatic rings. The predicted octanol–water partition coefficient (Wildman–Crippen LogP) is 3.43. The second-order valence-electron chi connectivity index (χ2n) is 4.79. The lowest BCUT2D eigenvalue weighted by molar-refractivity contribution is 0.0179. The van der Waals surface area contributed by atoms with E-state index < -0.39 is 5.60 Å². The molecule has 0 amide bonds. The van der Waals surface area contributed by atoms with Crippen LogP contribution >= 0.6 is 0 Å². The summed E-state index contributed by atoms with van der Waals surface area (Å²) in [6, 6.07) is 15.6. The van der Waals surface area contributed by atoms with Crippen LogP contribution in [-0.4, -0.2) is 5.97 Å². The zero-order valence-electron chi connectivity index (χ0n) is 10.4. The van der Waals surface area contributed by atoms with E-state index in [1.165, 1.54) is 0 Å². The molecule has 1 atom stereocenters. The zero-order chi connectivity index (χ0) is 12.8. The first kappa shape index (κ1) is 11.0. The molecule has 0 aromatic heterocycles. The molecule has 0 N–H and O–H groups in total. The highest BCUT2D eigenvalue weighted by atomic mass is 16.6. The summed E-state index contributed by atoms with van der Waals surface area (Å²) >= 11 is 0. The van der Waals surface area contributed by atoms with Gasteiger partial charge in [-0.3, -0.25) is 0 Å². The molecular weight excluding hydrogens is 224 g/mol. The summed E-state index contributed by atoms with van der Waals surface area (Å²) in [6.07, 6.45) is 0. The van der Waals surface area contributed by atoms with E-state index in [1.807, 2.05) is 62.4 Å². The van der Waals surface area contributed by atoms with Crippen molar-refractivity contribution in [2.24, 2.45) is 0 Å². The van der Waals surface area contributed by atoms with Gasteiger partial charge >= 0.3 is 5.97 Å². The Morgan fingerprint density at radius 3 is 2.44 bits per heavy atom. The summed E-state index contributed by atoms with van der Waals surface area (Å²) in [5.41, 5.74) is 3.10. The number of benzene rings is 2. The molecule has 0 spiro atoms. The van der Waals surface area contributed by atoms with Crippen LogP contribution in [0.4, 0.5) is 0 Å². The van der Waals surface area contributed by atoms with Crippen LogP contribution in [0.3, 0.4) is 0 Å². The van der Waals surface area contributed by atoms with Gasteiger partial charge in [-0.2, -0.15) is 0 Å². The maximum Gasteiger partial charge on any atom is 0.339 e. The van der Waals surface area contributed by atoms with Gasteiger partial charge < -0.3 is 4.74 Å². The Bertz CT molecular complexity index is 616. The first-order chi connectivity index (χ1) is 8.63. The van der Waals surface area contributed by atoms with Crippen molar-refractivity contribution >= 4 is 5.97 Å². The molecule has 0 bridgehead atoms. The molecule has 1 heterocycles. The molecule has 1 unspecified atom stereocenters. The minimum atomic E-state index is -0.668. The van der Waals surface area contributed by atoms with Crippen LogP contribution in [0.2, 0.25) is 0 Å². The predicted molar refractivity (Wildman–Crippen MR) is 69.5 cm³/mol. The first-order valence-electron chi connectivity index (χ1n) is 6.02. The molecule has 2 heteroatoms. The van der Waals surface area contributed by atoms with Gasteiger partial charge in [0.2, 0.25) is 0 Å². The van der Waals surface area contributed by atoms with E-state index in [2.05, 4.69) is 0 Å². The van der Waals surface area contributed by atoms with E-state index in [-0.39, 0.29) is 5.97 Å². The second kappa shape index (κ2) is 3.70. The zero-order valence-corrected chi connectivity index (χ0v) is 10.4. The van der Waals surface area contributed by atoms with Gasteiger partial charge in [0.1, 0.15) is 0 Å². The molecule has 0 saturated heterocycles. The summed E-state index contributed by atoms with van der Waals surface area (Å²) in [7, 11) is 0. The summed E-state index contributed by atoms with van der Waals surface area (Å²) in [6.45, 7) is 3.97. The van der Waals surface area contributed by atoms with Gasteiger partial charge in [-0.25, -0.2) is 4.79 Å². The third-order valence-corrected chi connectivity index (χ3v) is 3.59. The lowest BCUT2D eigenvalue weighted by atomic mass is 9.84. The maximum absolute atomic E-state index is 12.0. The molecule has 0 aliphatic carbocycles. The number of hydrogen-bond acceptors (Lipinski definition) is 2. The average Bonchev–Trinajstić information content (AvgIpc) is 2.65. The number of carbonyl (C=O) groups is 1. The van der Waals surface area contributed by atoms with Crippen molar-refractivity contribution in [2.75, 3.05) is 0 Å². The van der Waals surface area contributed by atoms with Crippen LogP contribution in [0.15, 0.2) is 48.5 Å². The van der Waals surface area contributed by atoms with Crippen molar-refractivity contribution in [3.63, 3.8) is 0 Å².